The topological polar surface area (TPSA) is 86.2 Å². The second-order valence-corrected chi connectivity index (χ2v) is 5.03. The number of hydrogen-bond donors (Lipinski definition) is 2. The molecule has 20 heavy (non-hydrogen) atoms. The molecule has 0 bridgehead atoms. The minimum Gasteiger partial charge on any atom is -0.397 e. The van der Waals surface area contributed by atoms with Crippen LogP contribution >= 0.6 is 0 Å². The summed E-state index contributed by atoms with van der Waals surface area (Å²) in [5, 5.41) is 0. The number of fused-ring (bicyclic) bond motifs is 2. The van der Waals surface area contributed by atoms with Crippen molar-refractivity contribution in [3.63, 3.8) is 0 Å². The molecule has 2 aromatic rings. The summed E-state index contributed by atoms with van der Waals surface area (Å²) in [4.78, 5) is 25.3. The molecule has 0 aliphatic heterocycles. The predicted octanol–water partition coefficient (Wildman–Crippen LogP) is 2.24. The lowest BCUT2D eigenvalue weighted by Crippen LogP contribution is -2.24. The third kappa shape index (κ3) is 1.36. The Kier molecular flexibility index (Phi) is 2.44. The molecular weight excluding hydrogens is 252 g/mol. The van der Waals surface area contributed by atoms with Gasteiger partial charge in [-0.05, 0) is 25.0 Å². The van der Waals surface area contributed by atoms with Gasteiger partial charge in [-0.15, -0.1) is 0 Å². The second kappa shape index (κ2) is 3.93. The molecule has 1 aliphatic rings. The number of hydrogen-bond acceptors (Lipinski definition) is 4. The zero-order valence-electron chi connectivity index (χ0n) is 11.3. The minimum atomic E-state index is -0.164. The van der Waals surface area contributed by atoms with Crippen molar-refractivity contribution in [1.82, 2.24) is 0 Å². The van der Waals surface area contributed by atoms with Crippen LogP contribution in [0.25, 0.3) is 0 Å². The fourth-order valence-electron chi connectivity index (χ4n) is 2.76. The molecule has 0 fully saturated rings. The maximum Gasteiger partial charge on any atom is 0.194 e. The van der Waals surface area contributed by atoms with Crippen molar-refractivity contribution in [2.75, 3.05) is 11.5 Å². The molecule has 4 heteroatoms. The summed E-state index contributed by atoms with van der Waals surface area (Å²) in [7, 11) is 0. The lowest BCUT2D eigenvalue weighted by molar-refractivity contribution is 0.0978. The minimum absolute atomic E-state index is 0.164. The predicted molar refractivity (Wildman–Crippen MR) is 78.0 cm³/mol. The van der Waals surface area contributed by atoms with Crippen LogP contribution in [0.3, 0.4) is 0 Å². The van der Waals surface area contributed by atoms with Crippen molar-refractivity contribution >= 4 is 22.9 Å². The molecule has 0 atom stereocenters. The third-order valence-corrected chi connectivity index (χ3v) is 3.97. The van der Waals surface area contributed by atoms with Gasteiger partial charge in [0, 0.05) is 22.3 Å². The lowest BCUT2D eigenvalue weighted by atomic mass is 9.79. The highest BCUT2D eigenvalue weighted by Gasteiger charge is 2.33. The number of anilines is 2. The number of carbonyl (C=O) groups excluding carboxylic acids is 2. The normalized spacial score (nSPS) is 13.1. The average molecular weight is 266 g/mol. The Morgan fingerprint density at radius 2 is 1.10 bits per heavy atom. The van der Waals surface area contributed by atoms with Gasteiger partial charge in [0.1, 0.15) is 0 Å². The number of carbonyl (C=O) groups is 2. The van der Waals surface area contributed by atoms with Crippen molar-refractivity contribution < 1.29 is 9.59 Å². The molecular formula is C16H14N2O2. The third-order valence-electron chi connectivity index (χ3n) is 3.97. The Hall–Kier alpha value is -2.62. The summed E-state index contributed by atoms with van der Waals surface area (Å²) in [6.45, 7) is 3.45. The van der Waals surface area contributed by atoms with Gasteiger partial charge in [0.25, 0.3) is 0 Å². The Morgan fingerprint density at radius 1 is 0.750 bits per heavy atom. The molecule has 0 saturated carbocycles. The van der Waals surface area contributed by atoms with Gasteiger partial charge in [-0.1, -0.05) is 24.3 Å². The number of rotatable bonds is 0. The van der Waals surface area contributed by atoms with Crippen LogP contribution in [0.1, 0.15) is 43.0 Å². The van der Waals surface area contributed by atoms with Gasteiger partial charge in [-0.2, -0.15) is 0 Å². The van der Waals surface area contributed by atoms with E-state index in [1.165, 1.54) is 0 Å². The Balaban J connectivity index is 2.46. The van der Waals surface area contributed by atoms with Gasteiger partial charge in [-0.25, -0.2) is 0 Å². The molecule has 0 radical (unpaired) electrons. The van der Waals surface area contributed by atoms with E-state index < -0.39 is 0 Å². The van der Waals surface area contributed by atoms with E-state index in [1.54, 1.807) is 38.1 Å². The summed E-state index contributed by atoms with van der Waals surface area (Å²) in [6, 6.07) is 6.83. The summed E-state index contributed by atoms with van der Waals surface area (Å²) in [5.74, 6) is -0.329. The number of benzene rings is 2. The lowest BCUT2D eigenvalue weighted by Gasteiger charge is -2.23. The van der Waals surface area contributed by atoms with Crippen molar-refractivity contribution in [1.29, 1.82) is 0 Å². The van der Waals surface area contributed by atoms with E-state index in [0.29, 0.717) is 44.8 Å². The molecule has 0 spiro atoms. The maximum atomic E-state index is 12.6. The summed E-state index contributed by atoms with van der Waals surface area (Å²) < 4.78 is 0. The van der Waals surface area contributed by atoms with Gasteiger partial charge in [0.05, 0.1) is 11.4 Å². The smallest absolute Gasteiger partial charge is 0.194 e. The summed E-state index contributed by atoms with van der Waals surface area (Å²) in [6.07, 6.45) is 0. The maximum absolute atomic E-state index is 12.6. The number of ketones is 2. The SMILES string of the molecule is Cc1c(N)c(N)c(C)c2c1C(=O)c1ccccc1C2=O. The molecule has 100 valence electrons. The molecule has 4 N–H and O–H groups in total. The fourth-order valence-corrected chi connectivity index (χ4v) is 2.76. The van der Waals surface area contributed by atoms with Crippen LogP contribution < -0.4 is 11.5 Å². The summed E-state index contributed by atoms with van der Waals surface area (Å²) in [5.41, 5.74) is 15.4. The van der Waals surface area contributed by atoms with Crippen LogP contribution in [0.15, 0.2) is 24.3 Å². The monoisotopic (exact) mass is 266 g/mol. The van der Waals surface area contributed by atoms with Crippen LogP contribution in [-0.2, 0) is 0 Å². The summed E-state index contributed by atoms with van der Waals surface area (Å²) >= 11 is 0. The first kappa shape index (κ1) is 12.4. The largest absolute Gasteiger partial charge is 0.397 e. The highest BCUT2D eigenvalue weighted by molar-refractivity contribution is 6.30. The highest BCUT2D eigenvalue weighted by atomic mass is 16.1. The van der Waals surface area contributed by atoms with Gasteiger partial charge in [-0.3, -0.25) is 9.59 Å². The van der Waals surface area contributed by atoms with Crippen LogP contribution in [0, 0.1) is 13.8 Å². The number of nitrogens with two attached hydrogens (primary N) is 2. The first-order valence-corrected chi connectivity index (χ1v) is 6.31. The zero-order valence-corrected chi connectivity index (χ0v) is 11.3. The van der Waals surface area contributed by atoms with Crippen molar-refractivity contribution in [3.05, 3.63) is 57.6 Å². The van der Waals surface area contributed by atoms with Gasteiger partial charge < -0.3 is 11.5 Å². The Bertz CT molecular complexity index is 726. The molecule has 0 aromatic heterocycles. The molecule has 0 saturated heterocycles. The highest BCUT2D eigenvalue weighted by Crippen LogP contribution is 2.37. The molecule has 0 amide bonds. The molecule has 4 nitrogen and oxygen atoms in total. The van der Waals surface area contributed by atoms with E-state index in [0.717, 1.165) is 0 Å². The van der Waals surface area contributed by atoms with E-state index >= 15 is 0 Å². The van der Waals surface area contributed by atoms with E-state index in [2.05, 4.69) is 0 Å². The Labute approximate surface area is 116 Å². The molecule has 0 unspecified atom stereocenters. The molecule has 0 heterocycles. The quantitative estimate of drug-likeness (QED) is 0.611. The van der Waals surface area contributed by atoms with Crippen molar-refractivity contribution in [2.45, 2.75) is 13.8 Å². The van der Waals surface area contributed by atoms with Gasteiger partial charge in [0.2, 0.25) is 0 Å². The first-order chi connectivity index (χ1) is 9.45. The number of nitrogen functional groups attached to an aromatic ring is 2. The standard InChI is InChI=1S/C16H14N2O2/c1-7-11-12(8(2)14(18)13(7)17)16(20)10-6-4-3-5-9(10)15(11)19/h3-6H,17-18H2,1-2H3. The van der Waals surface area contributed by atoms with Crippen molar-refractivity contribution in [2.24, 2.45) is 0 Å². The van der Waals surface area contributed by atoms with Gasteiger partial charge in [0.15, 0.2) is 11.6 Å². The van der Waals surface area contributed by atoms with E-state index in [-0.39, 0.29) is 11.6 Å². The first-order valence-electron chi connectivity index (χ1n) is 6.31. The second-order valence-electron chi connectivity index (χ2n) is 5.03. The average Bonchev–Trinajstić information content (AvgIpc) is 2.46. The van der Waals surface area contributed by atoms with E-state index in [9.17, 15) is 9.59 Å². The van der Waals surface area contributed by atoms with Gasteiger partial charge >= 0.3 is 0 Å². The van der Waals surface area contributed by atoms with Crippen LogP contribution in [0.2, 0.25) is 0 Å². The van der Waals surface area contributed by atoms with Crippen LogP contribution in [0.4, 0.5) is 11.4 Å². The fraction of sp³-hybridized carbons (Fsp3) is 0.125. The molecule has 3 rings (SSSR count). The van der Waals surface area contributed by atoms with E-state index in [1.807, 2.05) is 0 Å². The van der Waals surface area contributed by atoms with Crippen LogP contribution in [0.5, 0.6) is 0 Å². The van der Waals surface area contributed by atoms with E-state index in [4.69, 9.17) is 11.5 Å². The van der Waals surface area contributed by atoms with Crippen LogP contribution in [-0.4, -0.2) is 11.6 Å². The zero-order chi connectivity index (χ0) is 14.6. The Morgan fingerprint density at radius 3 is 1.45 bits per heavy atom. The molecule has 2 aromatic carbocycles. The van der Waals surface area contributed by atoms with Crippen molar-refractivity contribution in [3.8, 4) is 0 Å². The molecule has 1 aliphatic carbocycles.